The molecule has 1 fully saturated rings. The molecule has 1 aliphatic heterocycles. The van der Waals surface area contributed by atoms with Crippen molar-refractivity contribution in [1.82, 2.24) is 20.0 Å². The number of nitrogens with zero attached hydrogens (tertiary/aromatic N) is 3. The fraction of sp³-hybridized carbons (Fsp3) is 0.500. The SMILES string of the molecule is CCCn1nc(-c2ccc(OC)cc2F)cc1C(=O)NCCN1CCCC1. The van der Waals surface area contributed by atoms with Gasteiger partial charge in [0.2, 0.25) is 0 Å². The van der Waals surface area contributed by atoms with Crippen LogP contribution in [-0.2, 0) is 6.54 Å². The van der Waals surface area contributed by atoms with Gasteiger partial charge in [-0.1, -0.05) is 6.92 Å². The Morgan fingerprint density at radius 3 is 2.70 bits per heavy atom. The Labute approximate surface area is 159 Å². The number of halogens is 1. The summed E-state index contributed by atoms with van der Waals surface area (Å²) < 4.78 is 21.1. The Bertz CT molecular complexity index is 784. The molecule has 1 aliphatic rings. The number of aryl methyl sites for hydroxylation is 1. The third-order valence-electron chi connectivity index (χ3n) is 4.81. The number of hydrogen-bond donors (Lipinski definition) is 1. The Kier molecular flexibility index (Phi) is 6.45. The number of carbonyl (C=O) groups is 1. The molecule has 7 heteroatoms. The molecule has 3 rings (SSSR count). The molecule has 27 heavy (non-hydrogen) atoms. The Morgan fingerprint density at radius 1 is 1.26 bits per heavy atom. The lowest BCUT2D eigenvalue weighted by Gasteiger charge is -2.14. The average molecular weight is 374 g/mol. The van der Waals surface area contributed by atoms with Crippen molar-refractivity contribution in [3.63, 3.8) is 0 Å². The van der Waals surface area contributed by atoms with Crippen LogP contribution in [0.25, 0.3) is 11.3 Å². The predicted octanol–water partition coefficient (Wildman–Crippen LogP) is 2.93. The monoisotopic (exact) mass is 374 g/mol. The first kappa shape index (κ1) is 19.4. The van der Waals surface area contributed by atoms with Gasteiger partial charge < -0.3 is 15.0 Å². The molecule has 0 bridgehead atoms. The highest BCUT2D eigenvalue weighted by molar-refractivity contribution is 5.93. The molecule has 1 N–H and O–H groups in total. The minimum Gasteiger partial charge on any atom is -0.497 e. The molecule has 1 aromatic carbocycles. The van der Waals surface area contributed by atoms with Crippen molar-refractivity contribution < 1.29 is 13.9 Å². The summed E-state index contributed by atoms with van der Waals surface area (Å²) in [5, 5.41) is 7.42. The van der Waals surface area contributed by atoms with Crippen LogP contribution in [0.1, 0.15) is 36.7 Å². The Morgan fingerprint density at radius 2 is 2.04 bits per heavy atom. The summed E-state index contributed by atoms with van der Waals surface area (Å²) in [6.07, 6.45) is 3.29. The Hall–Kier alpha value is -2.41. The zero-order valence-corrected chi connectivity index (χ0v) is 16.0. The zero-order valence-electron chi connectivity index (χ0n) is 16.0. The van der Waals surface area contributed by atoms with E-state index in [-0.39, 0.29) is 5.91 Å². The van der Waals surface area contributed by atoms with Crippen LogP contribution in [0, 0.1) is 5.82 Å². The minimum absolute atomic E-state index is 0.171. The van der Waals surface area contributed by atoms with Gasteiger partial charge in [-0.05, 0) is 50.6 Å². The highest BCUT2D eigenvalue weighted by Gasteiger charge is 2.18. The number of amides is 1. The third kappa shape index (κ3) is 4.66. The van der Waals surface area contributed by atoms with Gasteiger partial charge in [0.05, 0.1) is 12.8 Å². The summed E-state index contributed by atoms with van der Waals surface area (Å²) in [5.74, 6) is -0.143. The van der Waals surface area contributed by atoms with E-state index >= 15 is 0 Å². The number of ether oxygens (including phenoxy) is 1. The van der Waals surface area contributed by atoms with Crippen LogP contribution in [0.15, 0.2) is 24.3 Å². The van der Waals surface area contributed by atoms with E-state index in [0.29, 0.717) is 35.8 Å². The summed E-state index contributed by atoms with van der Waals surface area (Å²) in [5.41, 5.74) is 1.27. The molecule has 0 atom stereocenters. The maximum Gasteiger partial charge on any atom is 0.269 e. The van der Waals surface area contributed by atoms with Gasteiger partial charge in [-0.2, -0.15) is 5.10 Å². The average Bonchev–Trinajstić information content (AvgIpc) is 3.32. The second kappa shape index (κ2) is 8.99. The second-order valence-electron chi connectivity index (χ2n) is 6.79. The highest BCUT2D eigenvalue weighted by Crippen LogP contribution is 2.26. The van der Waals surface area contributed by atoms with Crippen LogP contribution in [0.2, 0.25) is 0 Å². The van der Waals surface area contributed by atoms with Crippen LogP contribution >= 0.6 is 0 Å². The van der Waals surface area contributed by atoms with Crippen molar-refractivity contribution in [2.24, 2.45) is 0 Å². The predicted molar refractivity (Wildman–Crippen MR) is 102 cm³/mol. The first-order chi connectivity index (χ1) is 13.1. The van der Waals surface area contributed by atoms with Crippen molar-refractivity contribution in [3.8, 4) is 17.0 Å². The van der Waals surface area contributed by atoms with Crippen LogP contribution in [0.4, 0.5) is 4.39 Å². The summed E-state index contributed by atoms with van der Waals surface area (Å²) in [6, 6.07) is 6.30. The number of methoxy groups -OCH3 is 1. The fourth-order valence-electron chi connectivity index (χ4n) is 3.37. The van der Waals surface area contributed by atoms with E-state index in [2.05, 4.69) is 15.3 Å². The van der Waals surface area contributed by atoms with Crippen LogP contribution in [0.5, 0.6) is 5.75 Å². The van der Waals surface area contributed by atoms with Crippen molar-refractivity contribution >= 4 is 5.91 Å². The molecule has 0 unspecified atom stereocenters. The van der Waals surface area contributed by atoms with Crippen molar-refractivity contribution in [3.05, 3.63) is 35.8 Å². The van der Waals surface area contributed by atoms with Gasteiger partial charge in [-0.15, -0.1) is 0 Å². The number of likely N-dealkylation sites (tertiary alicyclic amines) is 1. The lowest BCUT2D eigenvalue weighted by Crippen LogP contribution is -2.34. The number of hydrogen-bond acceptors (Lipinski definition) is 4. The summed E-state index contributed by atoms with van der Waals surface area (Å²) in [4.78, 5) is 15.0. The highest BCUT2D eigenvalue weighted by atomic mass is 19.1. The van der Waals surface area contributed by atoms with E-state index < -0.39 is 5.82 Å². The minimum atomic E-state index is -0.420. The molecular weight excluding hydrogens is 347 g/mol. The molecule has 0 spiro atoms. The number of benzene rings is 1. The van der Waals surface area contributed by atoms with E-state index in [1.165, 1.54) is 26.0 Å². The number of aromatic nitrogens is 2. The molecule has 1 aromatic heterocycles. The number of nitrogens with one attached hydrogen (secondary N) is 1. The van der Waals surface area contributed by atoms with E-state index in [0.717, 1.165) is 26.1 Å². The third-order valence-corrected chi connectivity index (χ3v) is 4.81. The van der Waals surface area contributed by atoms with Crippen LogP contribution in [0.3, 0.4) is 0 Å². The molecule has 1 saturated heterocycles. The molecule has 0 radical (unpaired) electrons. The summed E-state index contributed by atoms with van der Waals surface area (Å²) in [7, 11) is 1.50. The van der Waals surface area contributed by atoms with E-state index in [4.69, 9.17) is 4.74 Å². The van der Waals surface area contributed by atoms with Crippen molar-refractivity contribution in [1.29, 1.82) is 0 Å². The Balaban J connectivity index is 1.75. The lowest BCUT2D eigenvalue weighted by molar-refractivity contribution is 0.0938. The van der Waals surface area contributed by atoms with Gasteiger partial charge in [-0.25, -0.2) is 4.39 Å². The molecular formula is C20H27FN4O2. The second-order valence-corrected chi connectivity index (χ2v) is 6.79. The normalized spacial score (nSPS) is 14.5. The van der Waals surface area contributed by atoms with Gasteiger partial charge in [0.15, 0.2) is 0 Å². The van der Waals surface area contributed by atoms with Crippen molar-refractivity contribution in [2.45, 2.75) is 32.7 Å². The fourth-order valence-corrected chi connectivity index (χ4v) is 3.37. The van der Waals surface area contributed by atoms with Crippen LogP contribution in [-0.4, -0.2) is 53.9 Å². The molecule has 6 nitrogen and oxygen atoms in total. The quantitative estimate of drug-likeness (QED) is 0.772. The van der Waals surface area contributed by atoms with Gasteiger partial charge in [0, 0.05) is 31.3 Å². The van der Waals surface area contributed by atoms with Gasteiger partial charge in [0.25, 0.3) is 5.91 Å². The van der Waals surface area contributed by atoms with E-state index in [1.54, 1.807) is 22.9 Å². The van der Waals surface area contributed by atoms with Gasteiger partial charge >= 0.3 is 0 Å². The van der Waals surface area contributed by atoms with Crippen molar-refractivity contribution in [2.75, 3.05) is 33.3 Å². The van der Waals surface area contributed by atoms with E-state index in [9.17, 15) is 9.18 Å². The largest absolute Gasteiger partial charge is 0.497 e. The molecule has 2 heterocycles. The summed E-state index contributed by atoms with van der Waals surface area (Å²) in [6.45, 7) is 6.28. The number of rotatable bonds is 8. The van der Waals surface area contributed by atoms with Gasteiger partial charge in [0.1, 0.15) is 17.3 Å². The maximum atomic E-state index is 14.4. The maximum absolute atomic E-state index is 14.4. The lowest BCUT2D eigenvalue weighted by atomic mass is 10.1. The molecule has 0 saturated carbocycles. The van der Waals surface area contributed by atoms with E-state index in [1.807, 2.05) is 6.92 Å². The molecule has 146 valence electrons. The molecule has 1 amide bonds. The molecule has 2 aromatic rings. The standard InChI is InChI=1S/C20H27FN4O2/c1-3-9-25-19(20(26)22-8-12-24-10-4-5-11-24)14-18(23-25)16-7-6-15(27-2)13-17(16)21/h6-7,13-14H,3-5,8-12H2,1-2H3,(H,22,26). The van der Waals surface area contributed by atoms with Gasteiger partial charge in [-0.3, -0.25) is 9.48 Å². The smallest absolute Gasteiger partial charge is 0.269 e. The van der Waals surface area contributed by atoms with Crippen LogP contribution < -0.4 is 10.1 Å². The zero-order chi connectivity index (χ0) is 19.2. The molecule has 0 aliphatic carbocycles. The first-order valence-corrected chi connectivity index (χ1v) is 9.54. The first-order valence-electron chi connectivity index (χ1n) is 9.54. The number of carbonyl (C=O) groups excluding carboxylic acids is 1. The topological polar surface area (TPSA) is 59.4 Å². The summed E-state index contributed by atoms with van der Waals surface area (Å²) >= 11 is 0.